The number of ether oxygens (including phenoxy) is 1. The third kappa shape index (κ3) is 5.19. The molecule has 0 aliphatic carbocycles. The molecule has 116 valence electrons. The third-order valence-electron chi connectivity index (χ3n) is 3.39. The van der Waals surface area contributed by atoms with Gasteiger partial charge in [0.15, 0.2) is 0 Å². The van der Waals surface area contributed by atoms with Gasteiger partial charge in [0.25, 0.3) is 0 Å². The van der Waals surface area contributed by atoms with E-state index in [9.17, 15) is 9.90 Å². The Hall–Kier alpha value is -1.30. The van der Waals surface area contributed by atoms with Crippen LogP contribution in [0.3, 0.4) is 0 Å². The number of aliphatic hydroxyl groups is 1. The highest BCUT2D eigenvalue weighted by atomic mass is 35.5. The maximum atomic E-state index is 11.3. The number of amides is 1. The number of carbonyl (C=O) groups excluding carboxylic acids is 1. The number of hydrogen-bond donors (Lipinski definition) is 2. The minimum Gasteiger partial charge on any atom is -0.489 e. The summed E-state index contributed by atoms with van der Waals surface area (Å²) in [6.07, 6.45) is -0.146. The van der Waals surface area contributed by atoms with E-state index in [1.165, 1.54) is 0 Å². The Kier molecular flexibility index (Phi) is 5.85. The average Bonchev–Trinajstić information content (AvgIpc) is 2.65. The Bertz CT molecular complexity index is 496. The molecule has 1 aromatic carbocycles. The van der Waals surface area contributed by atoms with E-state index in [2.05, 4.69) is 10.2 Å². The van der Waals surface area contributed by atoms with Crippen LogP contribution in [0.25, 0.3) is 0 Å². The van der Waals surface area contributed by atoms with Crippen LogP contribution < -0.4 is 10.1 Å². The molecule has 21 heavy (non-hydrogen) atoms. The lowest BCUT2D eigenvalue weighted by atomic mass is 10.2. The minimum atomic E-state index is -0.616. The van der Waals surface area contributed by atoms with Gasteiger partial charge in [0.2, 0.25) is 5.91 Å². The zero-order chi connectivity index (χ0) is 15.2. The second-order valence-corrected chi connectivity index (χ2v) is 5.71. The van der Waals surface area contributed by atoms with Gasteiger partial charge in [0.05, 0.1) is 5.02 Å². The third-order valence-corrected chi connectivity index (χ3v) is 3.70. The number of rotatable bonds is 5. The molecule has 1 saturated heterocycles. The summed E-state index contributed by atoms with van der Waals surface area (Å²) >= 11 is 6.05. The Labute approximate surface area is 129 Å². The molecule has 5 nitrogen and oxygen atoms in total. The second kappa shape index (κ2) is 7.64. The lowest BCUT2D eigenvalue weighted by Gasteiger charge is -2.22. The summed E-state index contributed by atoms with van der Waals surface area (Å²) in [6.45, 7) is 4.65. The Morgan fingerprint density at radius 2 is 2.29 bits per heavy atom. The van der Waals surface area contributed by atoms with Gasteiger partial charge in [-0.3, -0.25) is 9.69 Å². The van der Waals surface area contributed by atoms with Crippen LogP contribution in [0.2, 0.25) is 5.02 Å². The fourth-order valence-corrected chi connectivity index (χ4v) is 2.43. The fourth-order valence-electron chi connectivity index (χ4n) is 2.25. The van der Waals surface area contributed by atoms with Gasteiger partial charge in [-0.15, -0.1) is 0 Å². The number of benzene rings is 1. The van der Waals surface area contributed by atoms with Crippen molar-refractivity contribution in [1.82, 2.24) is 10.2 Å². The summed E-state index contributed by atoms with van der Waals surface area (Å²) in [5.41, 5.74) is 1.06. The van der Waals surface area contributed by atoms with Crippen molar-refractivity contribution in [2.75, 3.05) is 32.8 Å². The van der Waals surface area contributed by atoms with Gasteiger partial charge in [-0.05, 0) is 24.6 Å². The molecule has 0 bridgehead atoms. The molecule has 1 aromatic rings. The highest BCUT2D eigenvalue weighted by Gasteiger charge is 2.17. The van der Waals surface area contributed by atoms with Crippen LogP contribution in [0, 0.1) is 6.92 Å². The number of hydrogen-bond acceptors (Lipinski definition) is 4. The first-order chi connectivity index (χ1) is 10.0. The number of β-amino-alcohol motifs (C(OH)–C–C–N with tert-alkyl or cyclic N) is 1. The predicted molar refractivity (Wildman–Crippen MR) is 81.8 cm³/mol. The molecule has 1 amide bonds. The minimum absolute atomic E-state index is 0.0646. The smallest absolute Gasteiger partial charge is 0.221 e. The number of halogens is 1. The van der Waals surface area contributed by atoms with Crippen LogP contribution in [0.4, 0.5) is 0 Å². The summed E-state index contributed by atoms with van der Waals surface area (Å²) in [5, 5.41) is 13.4. The van der Waals surface area contributed by atoms with Crippen LogP contribution in [-0.2, 0) is 4.79 Å². The first kappa shape index (κ1) is 16.1. The van der Waals surface area contributed by atoms with Crippen LogP contribution in [-0.4, -0.2) is 54.8 Å². The van der Waals surface area contributed by atoms with Crippen molar-refractivity contribution in [3.63, 3.8) is 0 Å². The second-order valence-electron chi connectivity index (χ2n) is 5.30. The number of aliphatic hydroxyl groups excluding tert-OH is 1. The van der Waals surface area contributed by atoms with E-state index in [1.54, 1.807) is 6.07 Å². The molecule has 6 heteroatoms. The molecule has 0 unspecified atom stereocenters. The highest BCUT2D eigenvalue weighted by Crippen LogP contribution is 2.25. The van der Waals surface area contributed by atoms with Gasteiger partial charge in [-0.25, -0.2) is 0 Å². The molecule has 0 radical (unpaired) electrons. The van der Waals surface area contributed by atoms with Crippen LogP contribution in [0.1, 0.15) is 12.0 Å². The normalized spacial score (nSPS) is 18.0. The molecule has 0 spiro atoms. The van der Waals surface area contributed by atoms with Crippen molar-refractivity contribution in [3.8, 4) is 5.75 Å². The maximum absolute atomic E-state index is 11.3. The summed E-state index contributed by atoms with van der Waals surface area (Å²) in [6, 6.07) is 5.54. The predicted octanol–water partition coefficient (Wildman–Crippen LogP) is 1.21. The lowest BCUT2D eigenvalue weighted by Crippen LogP contribution is -2.37. The van der Waals surface area contributed by atoms with E-state index in [0.717, 1.165) is 12.1 Å². The van der Waals surface area contributed by atoms with Crippen molar-refractivity contribution < 1.29 is 14.6 Å². The molecule has 1 aliphatic heterocycles. The van der Waals surface area contributed by atoms with Crippen molar-refractivity contribution in [1.29, 1.82) is 0 Å². The SMILES string of the molecule is Cc1ccc(Cl)c(OC[C@H](O)CN2CCNC(=O)CC2)c1. The lowest BCUT2D eigenvalue weighted by molar-refractivity contribution is -0.120. The standard InChI is InChI=1S/C15H21ClN2O3/c1-11-2-3-13(16)14(8-11)21-10-12(19)9-18-6-4-15(20)17-5-7-18/h2-3,8,12,19H,4-7,9-10H2,1H3,(H,17,20)/t12-/m1/s1. The molecule has 1 heterocycles. The number of nitrogens with one attached hydrogen (secondary N) is 1. The largest absolute Gasteiger partial charge is 0.489 e. The van der Waals surface area contributed by atoms with Gasteiger partial charge < -0.3 is 15.2 Å². The van der Waals surface area contributed by atoms with E-state index >= 15 is 0 Å². The Morgan fingerprint density at radius 3 is 3.10 bits per heavy atom. The Balaban J connectivity index is 1.80. The topological polar surface area (TPSA) is 61.8 Å². The molecule has 1 aliphatic rings. The summed E-state index contributed by atoms with van der Waals surface area (Å²) < 4.78 is 5.58. The molecule has 1 atom stereocenters. The number of aryl methyl sites for hydroxylation is 1. The van der Waals surface area contributed by atoms with Crippen LogP contribution in [0.15, 0.2) is 18.2 Å². The van der Waals surface area contributed by atoms with Crippen molar-refractivity contribution >= 4 is 17.5 Å². The van der Waals surface area contributed by atoms with Crippen LogP contribution >= 0.6 is 11.6 Å². The van der Waals surface area contributed by atoms with E-state index in [4.69, 9.17) is 16.3 Å². The molecular formula is C15H21ClN2O3. The quantitative estimate of drug-likeness (QED) is 0.858. The van der Waals surface area contributed by atoms with E-state index in [-0.39, 0.29) is 12.5 Å². The summed E-state index contributed by atoms with van der Waals surface area (Å²) in [4.78, 5) is 13.3. The molecule has 1 fully saturated rings. The summed E-state index contributed by atoms with van der Waals surface area (Å²) in [5.74, 6) is 0.651. The van der Waals surface area contributed by atoms with Crippen LogP contribution in [0.5, 0.6) is 5.75 Å². The van der Waals surface area contributed by atoms with Gasteiger partial charge in [-0.1, -0.05) is 17.7 Å². The number of nitrogens with zero attached hydrogens (tertiary/aromatic N) is 1. The summed E-state index contributed by atoms with van der Waals surface area (Å²) in [7, 11) is 0. The van der Waals surface area contributed by atoms with Gasteiger partial charge in [0.1, 0.15) is 18.5 Å². The Morgan fingerprint density at radius 1 is 1.48 bits per heavy atom. The van der Waals surface area contributed by atoms with Gasteiger partial charge in [0, 0.05) is 32.6 Å². The highest BCUT2D eigenvalue weighted by molar-refractivity contribution is 6.32. The molecule has 2 rings (SSSR count). The molecular weight excluding hydrogens is 292 g/mol. The van der Waals surface area contributed by atoms with Crippen molar-refractivity contribution in [2.24, 2.45) is 0 Å². The molecule has 0 aromatic heterocycles. The average molecular weight is 313 g/mol. The van der Waals surface area contributed by atoms with Crippen molar-refractivity contribution in [2.45, 2.75) is 19.4 Å². The van der Waals surface area contributed by atoms with Gasteiger partial charge >= 0.3 is 0 Å². The van der Waals surface area contributed by atoms with E-state index in [0.29, 0.717) is 36.8 Å². The maximum Gasteiger partial charge on any atom is 0.221 e. The zero-order valence-corrected chi connectivity index (χ0v) is 12.9. The monoisotopic (exact) mass is 312 g/mol. The fraction of sp³-hybridized carbons (Fsp3) is 0.533. The number of carbonyl (C=O) groups is 1. The van der Waals surface area contributed by atoms with E-state index in [1.807, 2.05) is 19.1 Å². The zero-order valence-electron chi connectivity index (χ0n) is 12.1. The van der Waals surface area contributed by atoms with Gasteiger partial charge in [-0.2, -0.15) is 0 Å². The first-order valence-electron chi connectivity index (χ1n) is 7.10. The molecule has 2 N–H and O–H groups in total. The molecule has 0 saturated carbocycles. The first-order valence-corrected chi connectivity index (χ1v) is 7.48. The van der Waals surface area contributed by atoms with Crippen molar-refractivity contribution in [3.05, 3.63) is 28.8 Å². The van der Waals surface area contributed by atoms with E-state index < -0.39 is 6.10 Å².